The minimum Gasteiger partial charge on any atom is -0.464 e. The Morgan fingerprint density at radius 2 is 2.11 bits per heavy atom. The smallest absolute Gasteiger partial charge is 0.357 e. The number of carbonyl (C=O) groups excluding carboxylic acids is 1. The molecule has 7 nitrogen and oxygen atoms in total. The van der Waals surface area contributed by atoms with Crippen molar-refractivity contribution >= 4 is 38.7 Å². The minimum absolute atomic E-state index is 0.0727. The molecule has 0 radical (unpaired) electrons. The molecular formula is C20H13BrN4O3. The lowest BCUT2D eigenvalue weighted by Crippen LogP contribution is -2.11. The Labute approximate surface area is 168 Å². The first-order valence-corrected chi connectivity index (χ1v) is 8.98. The summed E-state index contributed by atoms with van der Waals surface area (Å²) in [6.07, 6.45) is 1.50. The average Bonchev–Trinajstić information content (AvgIpc) is 3.27. The summed E-state index contributed by atoms with van der Waals surface area (Å²) in [4.78, 5) is 16.7. The largest absolute Gasteiger partial charge is 0.464 e. The zero-order chi connectivity index (χ0) is 19.8. The molecule has 0 aliphatic heterocycles. The van der Waals surface area contributed by atoms with E-state index in [1.165, 1.54) is 17.9 Å². The minimum atomic E-state index is -0.631. The lowest BCUT2D eigenvalue weighted by atomic mass is 10.2. The molecule has 2 aromatic heterocycles. The number of methoxy groups -OCH3 is 1. The molecule has 0 amide bonds. The van der Waals surface area contributed by atoms with Crippen LogP contribution in [0.1, 0.15) is 16.1 Å². The number of anilines is 1. The molecule has 2 aromatic carbocycles. The van der Waals surface area contributed by atoms with Gasteiger partial charge in [-0.2, -0.15) is 5.26 Å². The lowest BCUT2D eigenvalue weighted by molar-refractivity contribution is 0.0593. The Morgan fingerprint density at radius 1 is 1.32 bits per heavy atom. The molecule has 0 aliphatic rings. The first-order chi connectivity index (χ1) is 13.5. The Bertz CT molecular complexity index is 1270. The van der Waals surface area contributed by atoms with Gasteiger partial charge in [0, 0.05) is 16.4 Å². The van der Waals surface area contributed by atoms with Crippen molar-refractivity contribution in [1.82, 2.24) is 9.55 Å². The van der Waals surface area contributed by atoms with Crippen LogP contribution in [0.25, 0.3) is 28.2 Å². The third kappa shape index (κ3) is 2.82. The highest BCUT2D eigenvalue weighted by Gasteiger charge is 2.22. The zero-order valence-electron chi connectivity index (χ0n) is 14.6. The Balaban J connectivity index is 1.87. The number of benzene rings is 2. The van der Waals surface area contributed by atoms with Crippen LogP contribution in [0.5, 0.6) is 0 Å². The number of esters is 1. The number of fused-ring (bicyclic) bond motifs is 1. The van der Waals surface area contributed by atoms with Gasteiger partial charge in [-0.15, -0.1) is 0 Å². The van der Waals surface area contributed by atoms with Crippen molar-refractivity contribution in [1.29, 1.82) is 5.26 Å². The number of oxazole rings is 1. The predicted molar refractivity (Wildman–Crippen MR) is 107 cm³/mol. The van der Waals surface area contributed by atoms with E-state index in [1.807, 2.05) is 30.3 Å². The van der Waals surface area contributed by atoms with E-state index in [9.17, 15) is 10.1 Å². The third-order valence-corrected chi connectivity index (χ3v) is 4.99. The van der Waals surface area contributed by atoms with Crippen LogP contribution in [0, 0.1) is 11.3 Å². The van der Waals surface area contributed by atoms with Crippen LogP contribution < -0.4 is 5.73 Å². The summed E-state index contributed by atoms with van der Waals surface area (Å²) in [6, 6.07) is 14.9. The number of nitriles is 1. The monoisotopic (exact) mass is 436 g/mol. The molecule has 0 saturated carbocycles. The predicted octanol–water partition coefficient (Wildman–Crippen LogP) is 4.29. The number of hydrogen-bond donors (Lipinski definition) is 1. The molecule has 2 heterocycles. The van der Waals surface area contributed by atoms with Crippen LogP contribution in [0.4, 0.5) is 5.69 Å². The number of nitrogens with two attached hydrogens (primary N) is 1. The van der Waals surface area contributed by atoms with Gasteiger partial charge in [-0.25, -0.2) is 9.78 Å². The van der Waals surface area contributed by atoms with E-state index in [4.69, 9.17) is 14.9 Å². The van der Waals surface area contributed by atoms with Crippen LogP contribution in [0.2, 0.25) is 0 Å². The number of ether oxygens (including phenoxy) is 1. The molecule has 4 aromatic rings. The molecule has 0 atom stereocenters. The topological polar surface area (TPSA) is 107 Å². The second-order valence-electron chi connectivity index (χ2n) is 5.93. The maximum Gasteiger partial charge on any atom is 0.357 e. The fourth-order valence-electron chi connectivity index (χ4n) is 2.93. The Kier molecular flexibility index (Phi) is 4.37. The summed E-state index contributed by atoms with van der Waals surface area (Å²) in [6.45, 7) is 0. The number of rotatable bonds is 3. The molecular weight excluding hydrogens is 424 g/mol. The fourth-order valence-corrected chi connectivity index (χ4v) is 3.39. The highest BCUT2D eigenvalue weighted by molar-refractivity contribution is 9.10. The molecule has 0 fully saturated rings. The highest BCUT2D eigenvalue weighted by atomic mass is 79.9. The molecule has 0 aliphatic carbocycles. The van der Waals surface area contributed by atoms with Crippen LogP contribution in [-0.4, -0.2) is 22.6 Å². The van der Waals surface area contributed by atoms with Gasteiger partial charge >= 0.3 is 5.97 Å². The molecule has 138 valence electrons. The summed E-state index contributed by atoms with van der Waals surface area (Å²) < 4.78 is 13.1. The SMILES string of the molecule is COC(=O)c1c(N)c(C#N)cn1-c1ccc2oc(-c3ccccc3Br)nc2c1. The van der Waals surface area contributed by atoms with Gasteiger partial charge in [-0.05, 0) is 46.3 Å². The highest BCUT2D eigenvalue weighted by Crippen LogP contribution is 2.32. The van der Waals surface area contributed by atoms with Crippen LogP contribution in [-0.2, 0) is 4.74 Å². The molecule has 28 heavy (non-hydrogen) atoms. The van der Waals surface area contributed by atoms with Gasteiger partial charge < -0.3 is 19.5 Å². The Hall–Kier alpha value is -3.57. The van der Waals surface area contributed by atoms with Gasteiger partial charge in [0.1, 0.15) is 11.6 Å². The molecule has 0 unspecified atom stereocenters. The second-order valence-corrected chi connectivity index (χ2v) is 6.78. The molecule has 0 spiro atoms. The van der Waals surface area contributed by atoms with Gasteiger partial charge in [0.15, 0.2) is 11.3 Å². The van der Waals surface area contributed by atoms with Gasteiger partial charge in [-0.3, -0.25) is 0 Å². The molecule has 0 bridgehead atoms. The number of halogens is 1. The van der Waals surface area contributed by atoms with Gasteiger partial charge in [0.25, 0.3) is 0 Å². The number of nitrogen functional groups attached to an aromatic ring is 1. The summed E-state index contributed by atoms with van der Waals surface area (Å²) in [7, 11) is 1.26. The lowest BCUT2D eigenvalue weighted by Gasteiger charge is -2.08. The van der Waals surface area contributed by atoms with Crippen molar-refractivity contribution in [3.05, 3.63) is 64.4 Å². The van der Waals surface area contributed by atoms with E-state index >= 15 is 0 Å². The van der Waals surface area contributed by atoms with E-state index in [1.54, 1.807) is 18.2 Å². The van der Waals surface area contributed by atoms with Crippen molar-refractivity contribution in [2.24, 2.45) is 0 Å². The molecule has 4 rings (SSSR count). The van der Waals surface area contributed by atoms with Gasteiger partial charge in [-0.1, -0.05) is 12.1 Å². The standard InChI is InChI=1S/C20H13BrN4O3/c1-27-20(26)18-17(23)11(9-22)10-25(18)12-6-7-16-15(8-12)24-19(28-16)13-4-2-3-5-14(13)21/h2-8,10H,23H2,1H3. The van der Waals surface area contributed by atoms with E-state index in [0.29, 0.717) is 22.7 Å². The van der Waals surface area contributed by atoms with Crippen LogP contribution in [0.15, 0.2) is 57.6 Å². The van der Waals surface area contributed by atoms with E-state index in [2.05, 4.69) is 20.9 Å². The van der Waals surface area contributed by atoms with Crippen LogP contribution in [0.3, 0.4) is 0 Å². The first kappa shape index (κ1) is 17.8. The quantitative estimate of drug-likeness (QED) is 0.480. The molecule has 8 heteroatoms. The maximum absolute atomic E-state index is 12.2. The van der Waals surface area contributed by atoms with Gasteiger partial charge in [0.2, 0.25) is 5.89 Å². The maximum atomic E-state index is 12.2. The summed E-state index contributed by atoms with van der Waals surface area (Å²) in [5, 5.41) is 9.26. The van der Waals surface area contributed by atoms with Crippen LogP contribution >= 0.6 is 15.9 Å². The third-order valence-electron chi connectivity index (χ3n) is 4.30. The van der Waals surface area contributed by atoms with Crippen molar-refractivity contribution in [3.8, 4) is 23.2 Å². The molecule has 0 saturated heterocycles. The van der Waals surface area contributed by atoms with E-state index < -0.39 is 5.97 Å². The van der Waals surface area contributed by atoms with Crippen molar-refractivity contribution in [2.75, 3.05) is 12.8 Å². The summed E-state index contributed by atoms with van der Waals surface area (Å²) >= 11 is 3.49. The molecule has 2 N–H and O–H groups in total. The Morgan fingerprint density at radius 3 is 2.82 bits per heavy atom. The van der Waals surface area contributed by atoms with E-state index in [0.717, 1.165) is 10.0 Å². The number of aromatic nitrogens is 2. The summed E-state index contributed by atoms with van der Waals surface area (Å²) in [5.41, 5.74) is 8.93. The first-order valence-electron chi connectivity index (χ1n) is 8.18. The number of nitrogens with zero attached hydrogens (tertiary/aromatic N) is 3. The summed E-state index contributed by atoms with van der Waals surface area (Å²) in [5.74, 6) is -0.161. The number of carbonyl (C=O) groups is 1. The normalized spacial score (nSPS) is 10.8. The average molecular weight is 437 g/mol. The van der Waals surface area contributed by atoms with Crippen molar-refractivity contribution in [2.45, 2.75) is 0 Å². The van der Waals surface area contributed by atoms with Crippen molar-refractivity contribution in [3.63, 3.8) is 0 Å². The van der Waals surface area contributed by atoms with Gasteiger partial charge in [0.05, 0.1) is 23.9 Å². The van der Waals surface area contributed by atoms with Crippen molar-refractivity contribution < 1.29 is 13.9 Å². The second kappa shape index (κ2) is 6.87. The van der Waals surface area contributed by atoms with E-state index in [-0.39, 0.29) is 16.9 Å². The fraction of sp³-hybridized carbons (Fsp3) is 0.0500. The number of hydrogen-bond acceptors (Lipinski definition) is 6. The zero-order valence-corrected chi connectivity index (χ0v) is 16.2.